The van der Waals surface area contributed by atoms with Crippen molar-refractivity contribution in [1.29, 1.82) is 0 Å². The molecule has 0 aromatic rings. The Morgan fingerprint density at radius 3 is 2.83 bits per heavy atom. The fourth-order valence-electron chi connectivity index (χ4n) is 1.27. The predicted molar refractivity (Wildman–Crippen MR) is 48.3 cm³/mol. The highest BCUT2D eigenvalue weighted by molar-refractivity contribution is 4.70. The van der Waals surface area contributed by atoms with E-state index in [9.17, 15) is 0 Å². The fourth-order valence-corrected chi connectivity index (χ4v) is 1.27. The molecule has 1 aliphatic heterocycles. The van der Waals surface area contributed by atoms with Crippen LogP contribution in [-0.4, -0.2) is 38.5 Å². The Kier molecular flexibility index (Phi) is 4.58. The van der Waals surface area contributed by atoms with Crippen LogP contribution in [-0.2, 0) is 9.47 Å². The molecular weight excluding hydrogens is 154 g/mol. The van der Waals surface area contributed by atoms with Crippen LogP contribution in [0.15, 0.2) is 0 Å². The van der Waals surface area contributed by atoms with Crippen LogP contribution in [0.1, 0.15) is 20.3 Å². The summed E-state index contributed by atoms with van der Waals surface area (Å²) >= 11 is 0. The lowest BCUT2D eigenvalue weighted by molar-refractivity contribution is -0.00593. The maximum atomic E-state index is 5.57. The lowest BCUT2D eigenvalue weighted by atomic mass is 10.3. The molecule has 0 unspecified atom stereocenters. The first-order valence-corrected chi connectivity index (χ1v) is 4.73. The largest absolute Gasteiger partial charge is 0.376 e. The highest BCUT2D eigenvalue weighted by Crippen LogP contribution is 2.02. The second kappa shape index (κ2) is 5.51. The van der Waals surface area contributed by atoms with E-state index in [1.54, 1.807) is 0 Å². The average Bonchev–Trinajstić information content (AvgIpc) is 2.49. The van der Waals surface area contributed by atoms with Gasteiger partial charge in [0.1, 0.15) is 0 Å². The van der Waals surface area contributed by atoms with Crippen LogP contribution < -0.4 is 5.32 Å². The minimum absolute atomic E-state index is 0.315. The first-order chi connectivity index (χ1) is 5.79. The molecule has 12 heavy (non-hydrogen) atoms. The maximum absolute atomic E-state index is 5.57. The van der Waals surface area contributed by atoms with E-state index >= 15 is 0 Å². The Hall–Kier alpha value is -0.120. The van der Waals surface area contributed by atoms with Crippen LogP contribution in [0.2, 0.25) is 0 Å². The highest BCUT2D eigenvalue weighted by Gasteiger charge is 2.13. The molecule has 0 aromatic carbocycles. The Labute approximate surface area is 74.4 Å². The molecule has 1 aliphatic rings. The van der Waals surface area contributed by atoms with E-state index in [2.05, 4.69) is 5.32 Å². The lowest BCUT2D eigenvalue weighted by Gasteiger charge is -2.11. The number of nitrogens with one attached hydrogen (secondary N) is 1. The molecule has 3 nitrogen and oxygen atoms in total. The van der Waals surface area contributed by atoms with Gasteiger partial charge in [-0.25, -0.2) is 0 Å². The zero-order chi connectivity index (χ0) is 8.81. The Morgan fingerprint density at radius 1 is 1.42 bits per heavy atom. The lowest BCUT2D eigenvalue weighted by Crippen LogP contribution is -2.20. The third-order valence-corrected chi connectivity index (χ3v) is 1.90. The molecule has 0 radical (unpaired) electrons. The molecule has 0 amide bonds. The summed E-state index contributed by atoms with van der Waals surface area (Å²) in [6.07, 6.45) is 1.87. The van der Waals surface area contributed by atoms with E-state index in [1.807, 2.05) is 13.8 Å². The zero-order valence-electron chi connectivity index (χ0n) is 8.01. The van der Waals surface area contributed by atoms with E-state index in [4.69, 9.17) is 9.47 Å². The maximum Gasteiger partial charge on any atom is 0.0712 e. The van der Waals surface area contributed by atoms with E-state index in [0.29, 0.717) is 18.8 Å². The third kappa shape index (κ3) is 4.04. The van der Waals surface area contributed by atoms with E-state index < -0.39 is 0 Å². The summed E-state index contributed by atoms with van der Waals surface area (Å²) in [5.74, 6) is 0. The van der Waals surface area contributed by atoms with Gasteiger partial charge in [-0.2, -0.15) is 0 Å². The molecule has 0 bridgehead atoms. The van der Waals surface area contributed by atoms with Gasteiger partial charge in [-0.1, -0.05) is 0 Å². The zero-order valence-corrected chi connectivity index (χ0v) is 8.01. The summed E-state index contributed by atoms with van der Waals surface area (Å²) in [4.78, 5) is 0. The molecule has 0 aromatic heterocycles. The second-order valence-electron chi connectivity index (χ2n) is 3.41. The van der Waals surface area contributed by atoms with E-state index in [1.165, 1.54) is 0 Å². The van der Waals surface area contributed by atoms with Gasteiger partial charge in [-0.3, -0.25) is 0 Å². The van der Waals surface area contributed by atoms with Gasteiger partial charge in [0.2, 0.25) is 0 Å². The predicted octanol–water partition coefficient (Wildman–Crippen LogP) is 0.790. The van der Waals surface area contributed by atoms with Crippen LogP contribution in [0.4, 0.5) is 0 Å². The number of hydrogen-bond acceptors (Lipinski definition) is 3. The molecular formula is C9H19NO2. The molecule has 0 spiro atoms. The Morgan fingerprint density at radius 2 is 2.25 bits per heavy atom. The summed E-state index contributed by atoms with van der Waals surface area (Å²) in [6.45, 7) is 7.62. The minimum atomic E-state index is 0.315. The molecule has 1 N–H and O–H groups in total. The van der Waals surface area contributed by atoms with Gasteiger partial charge in [0.15, 0.2) is 0 Å². The topological polar surface area (TPSA) is 30.5 Å². The second-order valence-corrected chi connectivity index (χ2v) is 3.41. The molecule has 72 valence electrons. The highest BCUT2D eigenvalue weighted by atomic mass is 16.5. The minimum Gasteiger partial charge on any atom is -0.376 e. The molecule has 1 saturated heterocycles. The number of ether oxygens (including phenoxy) is 2. The first-order valence-electron chi connectivity index (χ1n) is 4.73. The molecule has 1 heterocycles. The third-order valence-electron chi connectivity index (χ3n) is 1.90. The van der Waals surface area contributed by atoms with Gasteiger partial charge in [0.05, 0.1) is 25.4 Å². The van der Waals surface area contributed by atoms with Crippen LogP contribution in [0.5, 0.6) is 0 Å². The van der Waals surface area contributed by atoms with E-state index in [0.717, 1.165) is 26.1 Å². The van der Waals surface area contributed by atoms with Gasteiger partial charge in [0.25, 0.3) is 0 Å². The number of hydrogen-bond donors (Lipinski definition) is 1. The van der Waals surface area contributed by atoms with Crippen molar-refractivity contribution in [3.05, 3.63) is 0 Å². The van der Waals surface area contributed by atoms with Crippen molar-refractivity contribution in [2.24, 2.45) is 0 Å². The van der Waals surface area contributed by atoms with E-state index in [-0.39, 0.29) is 0 Å². The van der Waals surface area contributed by atoms with Crippen molar-refractivity contribution in [2.45, 2.75) is 32.5 Å². The van der Waals surface area contributed by atoms with Gasteiger partial charge in [-0.15, -0.1) is 0 Å². The molecule has 1 atom stereocenters. The number of rotatable bonds is 5. The van der Waals surface area contributed by atoms with Crippen LogP contribution >= 0.6 is 0 Å². The smallest absolute Gasteiger partial charge is 0.0712 e. The van der Waals surface area contributed by atoms with Crippen LogP contribution in [0.3, 0.4) is 0 Å². The Bertz CT molecular complexity index is 111. The summed E-state index contributed by atoms with van der Waals surface area (Å²) in [5, 5.41) is 3.26. The standard InChI is InChI=1S/C9H19NO2/c1-8(2)11-5-6-12-9-3-4-10-7-9/h8-10H,3-7H2,1-2H3/t9-/m0/s1. The molecule has 0 saturated carbocycles. The monoisotopic (exact) mass is 173 g/mol. The van der Waals surface area contributed by atoms with Crippen LogP contribution in [0.25, 0.3) is 0 Å². The molecule has 3 heteroatoms. The average molecular weight is 173 g/mol. The summed E-state index contributed by atoms with van der Waals surface area (Å²) in [7, 11) is 0. The van der Waals surface area contributed by atoms with Crippen LogP contribution in [0, 0.1) is 0 Å². The van der Waals surface area contributed by atoms with Gasteiger partial charge >= 0.3 is 0 Å². The summed E-state index contributed by atoms with van der Waals surface area (Å²) in [6, 6.07) is 0. The normalized spacial score (nSPS) is 23.8. The quantitative estimate of drug-likeness (QED) is 0.623. The molecule has 1 fully saturated rings. The molecule has 0 aliphatic carbocycles. The van der Waals surface area contributed by atoms with Crippen molar-refractivity contribution in [3.8, 4) is 0 Å². The first kappa shape index (κ1) is 9.96. The van der Waals surface area contributed by atoms with Gasteiger partial charge in [0, 0.05) is 6.54 Å². The van der Waals surface area contributed by atoms with Crippen molar-refractivity contribution in [2.75, 3.05) is 26.3 Å². The van der Waals surface area contributed by atoms with Crippen molar-refractivity contribution in [1.82, 2.24) is 5.32 Å². The van der Waals surface area contributed by atoms with Gasteiger partial charge < -0.3 is 14.8 Å². The Balaban J connectivity index is 1.88. The fraction of sp³-hybridized carbons (Fsp3) is 1.00. The van der Waals surface area contributed by atoms with Gasteiger partial charge in [-0.05, 0) is 26.8 Å². The van der Waals surface area contributed by atoms with Crippen molar-refractivity contribution in [3.63, 3.8) is 0 Å². The van der Waals surface area contributed by atoms with Crippen molar-refractivity contribution >= 4 is 0 Å². The SMILES string of the molecule is CC(C)OCCO[C@H]1CCNC1. The summed E-state index contributed by atoms with van der Waals surface area (Å²) in [5.41, 5.74) is 0. The summed E-state index contributed by atoms with van der Waals surface area (Å²) < 4.78 is 10.9. The molecule has 1 rings (SSSR count). The van der Waals surface area contributed by atoms with Crippen molar-refractivity contribution < 1.29 is 9.47 Å².